The monoisotopic (exact) mass is 454 g/mol. The van der Waals surface area contributed by atoms with Crippen LogP contribution in [0.25, 0.3) is 6.08 Å². The number of benzene rings is 1. The third kappa shape index (κ3) is 6.38. The van der Waals surface area contributed by atoms with Gasteiger partial charge in [-0.25, -0.2) is 4.39 Å². The first kappa shape index (κ1) is 23.4. The van der Waals surface area contributed by atoms with E-state index in [1.165, 1.54) is 23.1 Å². The molecule has 32 heavy (non-hydrogen) atoms. The van der Waals surface area contributed by atoms with Gasteiger partial charge in [-0.2, -0.15) is 13.2 Å². The molecule has 1 fully saturated rings. The zero-order valence-electron chi connectivity index (χ0n) is 17.3. The number of nitrogens with one attached hydrogen (secondary N) is 1. The number of alkyl halides is 4. The van der Waals surface area contributed by atoms with Gasteiger partial charge in [-0.1, -0.05) is 12.1 Å². The van der Waals surface area contributed by atoms with Crippen LogP contribution in [0.2, 0.25) is 0 Å². The average molecular weight is 454 g/mol. The SMILES string of the molecule is Cc1nnc(CN(CC2(F)CCC2)C(=O)CNC(=O)/C=C/c2ccc(C(F)(F)F)cc2)o1. The van der Waals surface area contributed by atoms with Crippen molar-refractivity contribution in [3.05, 3.63) is 53.2 Å². The number of nitrogens with zero attached hydrogens (tertiary/aromatic N) is 3. The molecule has 172 valence electrons. The van der Waals surface area contributed by atoms with E-state index < -0.39 is 29.2 Å². The largest absolute Gasteiger partial charge is 0.424 e. The van der Waals surface area contributed by atoms with Gasteiger partial charge in [-0.15, -0.1) is 10.2 Å². The van der Waals surface area contributed by atoms with Gasteiger partial charge in [-0.05, 0) is 43.0 Å². The van der Waals surface area contributed by atoms with Gasteiger partial charge in [0, 0.05) is 13.0 Å². The number of aromatic nitrogens is 2. The van der Waals surface area contributed by atoms with Crippen LogP contribution in [0.1, 0.15) is 42.2 Å². The molecule has 3 rings (SSSR count). The summed E-state index contributed by atoms with van der Waals surface area (Å²) in [6.07, 6.45) is -0.578. The van der Waals surface area contributed by atoms with Gasteiger partial charge < -0.3 is 14.6 Å². The lowest BCUT2D eigenvalue weighted by Crippen LogP contribution is -2.49. The summed E-state index contributed by atoms with van der Waals surface area (Å²) < 4.78 is 57.6. The van der Waals surface area contributed by atoms with Gasteiger partial charge in [0.05, 0.1) is 25.2 Å². The standard InChI is InChI=1S/C21H22F4N4O3/c1-14-27-28-18(32-14)12-29(13-20(22)9-2-10-20)19(31)11-26-17(30)8-5-15-3-6-16(7-4-15)21(23,24)25/h3-8H,2,9-13H2,1H3,(H,26,30)/b8-5+. The van der Waals surface area contributed by atoms with Crippen LogP contribution < -0.4 is 5.32 Å². The molecule has 2 amide bonds. The molecule has 7 nitrogen and oxygen atoms in total. The highest BCUT2D eigenvalue weighted by atomic mass is 19.4. The van der Waals surface area contributed by atoms with Crippen LogP contribution in [0.15, 0.2) is 34.8 Å². The number of hydrogen-bond acceptors (Lipinski definition) is 5. The molecule has 0 atom stereocenters. The van der Waals surface area contributed by atoms with Gasteiger partial charge in [0.15, 0.2) is 0 Å². The first-order chi connectivity index (χ1) is 15.0. The Hall–Kier alpha value is -3.24. The Morgan fingerprint density at radius 1 is 1.22 bits per heavy atom. The van der Waals surface area contributed by atoms with E-state index in [0.29, 0.717) is 24.3 Å². The second-order valence-electron chi connectivity index (χ2n) is 7.64. The van der Waals surface area contributed by atoms with Gasteiger partial charge in [0.2, 0.25) is 23.6 Å². The van der Waals surface area contributed by atoms with Gasteiger partial charge in [0.25, 0.3) is 0 Å². The molecule has 1 saturated carbocycles. The molecule has 0 saturated heterocycles. The predicted octanol–water partition coefficient (Wildman–Crippen LogP) is 3.45. The summed E-state index contributed by atoms with van der Waals surface area (Å²) in [6, 6.07) is 4.27. The topological polar surface area (TPSA) is 88.3 Å². The smallest absolute Gasteiger partial charge is 0.416 e. The van der Waals surface area contributed by atoms with Gasteiger partial charge in [-0.3, -0.25) is 9.59 Å². The first-order valence-corrected chi connectivity index (χ1v) is 9.93. The number of carbonyl (C=O) groups excluding carboxylic acids is 2. The summed E-state index contributed by atoms with van der Waals surface area (Å²) >= 11 is 0. The Bertz CT molecular complexity index is 982. The Morgan fingerprint density at radius 3 is 2.44 bits per heavy atom. The minimum absolute atomic E-state index is 0.0807. The maximum absolute atomic E-state index is 14.6. The molecule has 1 aliphatic rings. The van der Waals surface area contributed by atoms with E-state index in [-0.39, 0.29) is 25.5 Å². The van der Waals surface area contributed by atoms with Crippen molar-refractivity contribution in [1.82, 2.24) is 20.4 Å². The van der Waals surface area contributed by atoms with Crippen LogP contribution in [-0.4, -0.2) is 45.7 Å². The van der Waals surface area contributed by atoms with Crippen LogP contribution in [0.4, 0.5) is 17.6 Å². The molecule has 0 radical (unpaired) electrons. The Morgan fingerprint density at radius 2 is 1.91 bits per heavy atom. The van der Waals surface area contributed by atoms with Crippen LogP contribution in [-0.2, 0) is 22.3 Å². The van der Waals surface area contributed by atoms with E-state index in [2.05, 4.69) is 15.5 Å². The van der Waals surface area contributed by atoms with Crippen molar-refractivity contribution in [2.75, 3.05) is 13.1 Å². The summed E-state index contributed by atoms with van der Waals surface area (Å²) in [7, 11) is 0. The lowest BCUT2D eigenvalue weighted by molar-refractivity contribution is -0.137. The predicted molar refractivity (Wildman–Crippen MR) is 106 cm³/mol. The van der Waals surface area contributed by atoms with Crippen molar-refractivity contribution in [2.24, 2.45) is 0 Å². The minimum atomic E-state index is -4.44. The van der Waals surface area contributed by atoms with Crippen LogP contribution >= 0.6 is 0 Å². The summed E-state index contributed by atoms with van der Waals surface area (Å²) in [5.74, 6) is -0.675. The Kier molecular flexibility index (Phi) is 6.95. The lowest BCUT2D eigenvalue weighted by atomic mass is 9.81. The third-order valence-electron chi connectivity index (χ3n) is 5.05. The number of rotatable bonds is 8. The second-order valence-corrected chi connectivity index (χ2v) is 7.64. The molecule has 1 aromatic carbocycles. The maximum atomic E-state index is 14.6. The maximum Gasteiger partial charge on any atom is 0.416 e. The highest BCUT2D eigenvalue weighted by molar-refractivity contribution is 5.94. The molecular weight excluding hydrogens is 432 g/mol. The first-order valence-electron chi connectivity index (χ1n) is 9.93. The molecule has 0 spiro atoms. The van der Waals surface area contributed by atoms with Crippen molar-refractivity contribution in [3.63, 3.8) is 0 Å². The second kappa shape index (κ2) is 9.49. The number of aryl methyl sites for hydroxylation is 1. The summed E-state index contributed by atoms with van der Waals surface area (Å²) in [5.41, 5.74) is -1.88. The lowest BCUT2D eigenvalue weighted by Gasteiger charge is -2.38. The molecule has 0 bridgehead atoms. The number of hydrogen-bond donors (Lipinski definition) is 1. The van der Waals surface area contributed by atoms with E-state index in [1.807, 2.05) is 0 Å². The number of amides is 2. The third-order valence-corrected chi connectivity index (χ3v) is 5.05. The molecule has 1 N–H and O–H groups in total. The summed E-state index contributed by atoms with van der Waals surface area (Å²) in [5, 5.41) is 9.90. The quantitative estimate of drug-likeness (QED) is 0.488. The van der Waals surface area contributed by atoms with Crippen LogP contribution in [0.5, 0.6) is 0 Å². The van der Waals surface area contributed by atoms with Crippen molar-refractivity contribution < 1.29 is 31.6 Å². The fraction of sp³-hybridized carbons (Fsp3) is 0.429. The number of carbonyl (C=O) groups is 2. The fourth-order valence-corrected chi connectivity index (χ4v) is 3.15. The Balaban J connectivity index is 1.55. The highest BCUT2D eigenvalue weighted by Crippen LogP contribution is 2.36. The van der Waals surface area contributed by atoms with Crippen molar-refractivity contribution in [3.8, 4) is 0 Å². The number of halogens is 4. The van der Waals surface area contributed by atoms with E-state index >= 15 is 0 Å². The molecular formula is C21H22F4N4O3. The van der Waals surface area contributed by atoms with E-state index in [1.54, 1.807) is 6.92 Å². The van der Waals surface area contributed by atoms with Crippen LogP contribution in [0.3, 0.4) is 0 Å². The minimum Gasteiger partial charge on any atom is -0.424 e. The van der Waals surface area contributed by atoms with Gasteiger partial charge in [0.1, 0.15) is 5.67 Å². The molecule has 0 aliphatic heterocycles. The van der Waals surface area contributed by atoms with Crippen molar-refractivity contribution in [2.45, 2.75) is 44.6 Å². The summed E-state index contributed by atoms with van der Waals surface area (Å²) in [4.78, 5) is 25.9. The van der Waals surface area contributed by atoms with Crippen molar-refractivity contribution in [1.29, 1.82) is 0 Å². The molecule has 0 unspecified atom stereocenters. The van der Waals surface area contributed by atoms with E-state index in [9.17, 15) is 27.2 Å². The fourth-order valence-electron chi connectivity index (χ4n) is 3.15. The molecule has 1 aromatic heterocycles. The van der Waals surface area contributed by atoms with E-state index in [4.69, 9.17) is 4.42 Å². The zero-order valence-corrected chi connectivity index (χ0v) is 17.3. The average Bonchev–Trinajstić information content (AvgIpc) is 3.13. The van der Waals surface area contributed by atoms with Crippen molar-refractivity contribution >= 4 is 17.9 Å². The molecule has 11 heteroatoms. The van der Waals surface area contributed by atoms with E-state index in [0.717, 1.165) is 24.6 Å². The molecule has 1 aliphatic carbocycles. The normalized spacial score (nSPS) is 15.4. The zero-order chi connectivity index (χ0) is 23.4. The molecule has 1 heterocycles. The summed E-state index contributed by atoms with van der Waals surface area (Å²) in [6.45, 7) is 0.973. The van der Waals surface area contributed by atoms with Gasteiger partial charge >= 0.3 is 6.18 Å². The Labute approximate surface area is 181 Å². The molecule has 2 aromatic rings. The van der Waals surface area contributed by atoms with Crippen LogP contribution in [0, 0.1) is 6.92 Å². The highest BCUT2D eigenvalue weighted by Gasteiger charge is 2.40.